The first-order valence-corrected chi connectivity index (χ1v) is 6.55. The monoisotopic (exact) mass is 262 g/mol. The van der Waals surface area contributed by atoms with E-state index in [-0.39, 0.29) is 37.0 Å². The highest BCUT2D eigenvalue weighted by atomic mass is 16.6. The maximum absolute atomic E-state index is 12.0. The van der Waals surface area contributed by atoms with Crippen molar-refractivity contribution in [1.82, 2.24) is 0 Å². The molecular weight excluding hydrogens is 244 g/mol. The summed E-state index contributed by atoms with van der Waals surface area (Å²) in [4.78, 5) is 23.3. The fourth-order valence-corrected chi connectivity index (χ4v) is 2.25. The molecule has 1 fully saturated rings. The molecular formula is C15H18O4. The summed E-state index contributed by atoms with van der Waals surface area (Å²) >= 11 is 0. The Morgan fingerprint density at radius 3 is 2.68 bits per heavy atom. The van der Waals surface area contributed by atoms with Crippen LogP contribution in [0.25, 0.3) is 0 Å². The molecule has 1 unspecified atom stereocenters. The Bertz CT molecular complexity index is 441. The Morgan fingerprint density at radius 2 is 1.95 bits per heavy atom. The minimum atomic E-state index is -0.305. The molecule has 0 radical (unpaired) electrons. The van der Waals surface area contributed by atoms with Crippen molar-refractivity contribution >= 4 is 11.9 Å². The van der Waals surface area contributed by atoms with Gasteiger partial charge in [-0.2, -0.15) is 0 Å². The summed E-state index contributed by atoms with van der Waals surface area (Å²) in [5.41, 5.74) is 1.09. The van der Waals surface area contributed by atoms with Crippen molar-refractivity contribution in [2.75, 3.05) is 6.61 Å². The molecule has 0 aliphatic carbocycles. The van der Waals surface area contributed by atoms with E-state index in [1.807, 2.05) is 37.3 Å². The number of cyclic esters (lactones) is 2. The largest absolute Gasteiger partial charge is 0.465 e. The smallest absolute Gasteiger partial charge is 0.309 e. The summed E-state index contributed by atoms with van der Waals surface area (Å²) in [5, 5.41) is 0. The summed E-state index contributed by atoms with van der Waals surface area (Å²) in [5.74, 6) is -0.807. The van der Waals surface area contributed by atoms with Gasteiger partial charge in [0.25, 0.3) is 0 Å². The number of ether oxygens (including phenoxy) is 2. The minimum Gasteiger partial charge on any atom is -0.465 e. The molecule has 1 aromatic rings. The van der Waals surface area contributed by atoms with Crippen LogP contribution >= 0.6 is 0 Å². The Labute approximate surface area is 112 Å². The lowest BCUT2D eigenvalue weighted by molar-refractivity contribution is -0.149. The molecule has 0 spiro atoms. The predicted molar refractivity (Wildman–Crippen MR) is 69.4 cm³/mol. The maximum atomic E-state index is 12.0. The molecule has 0 aromatic heterocycles. The standard InChI is InChI=1S/C15H18O4/c1-11-9-13(10-12-5-3-2-4-6-12)15(17)18-8-7-14(16)19-11/h2-6,11,13H,7-10H2,1H3/t11?,13-/m0/s1. The number of benzene rings is 1. The van der Waals surface area contributed by atoms with Crippen molar-refractivity contribution < 1.29 is 19.1 Å². The van der Waals surface area contributed by atoms with Gasteiger partial charge in [-0.25, -0.2) is 0 Å². The van der Waals surface area contributed by atoms with Crippen LogP contribution < -0.4 is 0 Å². The molecule has 1 aliphatic rings. The average Bonchev–Trinajstić information content (AvgIpc) is 2.43. The predicted octanol–water partition coefficient (Wildman–Crippen LogP) is 2.11. The molecule has 0 N–H and O–H groups in total. The van der Waals surface area contributed by atoms with Gasteiger partial charge in [-0.05, 0) is 25.3 Å². The first-order chi connectivity index (χ1) is 9.15. The van der Waals surface area contributed by atoms with Crippen LogP contribution in [0.15, 0.2) is 30.3 Å². The third-order valence-corrected chi connectivity index (χ3v) is 3.16. The zero-order chi connectivity index (χ0) is 13.7. The van der Waals surface area contributed by atoms with Gasteiger partial charge in [0.1, 0.15) is 6.61 Å². The molecule has 1 saturated heterocycles. The molecule has 0 saturated carbocycles. The highest BCUT2D eigenvalue weighted by Gasteiger charge is 2.26. The van der Waals surface area contributed by atoms with E-state index in [2.05, 4.69) is 0 Å². The summed E-state index contributed by atoms with van der Waals surface area (Å²) in [6, 6.07) is 9.79. The van der Waals surface area contributed by atoms with E-state index < -0.39 is 0 Å². The summed E-state index contributed by atoms with van der Waals surface area (Å²) in [7, 11) is 0. The lowest BCUT2D eigenvalue weighted by Crippen LogP contribution is -2.24. The molecule has 2 atom stereocenters. The molecule has 1 aromatic carbocycles. The van der Waals surface area contributed by atoms with E-state index in [0.717, 1.165) is 5.56 Å². The number of carbonyl (C=O) groups is 2. The van der Waals surface area contributed by atoms with Crippen LogP contribution in [0.4, 0.5) is 0 Å². The average molecular weight is 262 g/mol. The topological polar surface area (TPSA) is 52.6 Å². The third kappa shape index (κ3) is 4.09. The van der Waals surface area contributed by atoms with Crippen LogP contribution in [0.2, 0.25) is 0 Å². The van der Waals surface area contributed by atoms with Crippen LogP contribution in [0.3, 0.4) is 0 Å². The van der Waals surface area contributed by atoms with E-state index in [4.69, 9.17) is 9.47 Å². The van der Waals surface area contributed by atoms with E-state index in [9.17, 15) is 9.59 Å². The van der Waals surface area contributed by atoms with Crippen LogP contribution in [0.5, 0.6) is 0 Å². The number of rotatable bonds is 2. The van der Waals surface area contributed by atoms with Crippen LogP contribution in [-0.2, 0) is 25.5 Å². The summed E-state index contributed by atoms with van der Waals surface area (Å²) in [6.45, 7) is 1.92. The van der Waals surface area contributed by atoms with E-state index >= 15 is 0 Å². The van der Waals surface area contributed by atoms with Crippen LogP contribution in [0, 0.1) is 5.92 Å². The van der Waals surface area contributed by atoms with E-state index in [0.29, 0.717) is 12.8 Å². The molecule has 2 rings (SSSR count). The van der Waals surface area contributed by atoms with E-state index in [1.165, 1.54) is 0 Å². The third-order valence-electron chi connectivity index (χ3n) is 3.16. The van der Waals surface area contributed by atoms with Gasteiger partial charge < -0.3 is 9.47 Å². The minimum absolute atomic E-state index is 0.107. The van der Waals surface area contributed by atoms with Gasteiger partial charge in [0.05, 0.1) is 18.4 Å². The van der Waals surface area contributed by atoms with Gasteiger partial charge in [-0.15, -0.1) is 0 Å². The van der Waals surface area contributed by atoms with Gasteiger partial charge in [-0.3, -0.25) is 9.59 Å². The molecule has 19 heavy (non-hydrogen) atoms. The zero-order valence-corrected chi connectivity index (χ0v) is 11.0. The van der Waals surface area contributed by atoms with Gasteiger partial charge in [0, 0.05) is 0 Å². The van der Waals surface area contributed by atoms with Crippen LogP contribution in [-0.4, -0.2) is 24.6 Å². The molecule has 1 heterocycles. The maximum Gasteiger partial charge on any atom is 0.309 e. The molecule has 4 nitrogen and oxygen atoms in total. The van der Waals surface area contributed by atoms with Gasteiger partial charge in [0.2, 0.25) is 0 Å². The molecule has 4 heteroatoms. The second-order valence-corrected chi connectivity index (χ2v) is 4.84. The Morgan fingerprint density at radius 1 is 1.21 bits per heavy atom. The summed E-state index contributed by atoms with van der Waals surface area (Å²) < 4.78 is 10.3. The van der Waals surface area contributed by atoms with Crippen molar-refractivity contribution in [2.24, 2.45) is 5.92 Å². The second-order valence-electron chi connectivity index (χ2n) is 4.84. The SMILES string of the molecule is CC1C[C@@H](Cc2ccccc2)C(=O)OCCC(=O)O1. The molecule has 0 amide bonds. The van der Waals surface area contributed by atoms with Crippen molar-refractivity contribution in [3.63, 3.8) is 0 Å². The second kappa shape index (κ2) is 6.36. The van der Waals surface area contributed by atoms with Crippen molar-refractivity contribution in [1.29, 1.82) is 0 Å². The quantitative estimate of drug-likeness (QED) is 0.766. The highest BCUT2D eigenvalue weighted by Crippen LogP contribution is 2.19. The number of esters is 2. The number of hydrogen-bond acceptors (Lipinski definition) is 4. The fourth-order valence-electron chi connectivity index (χ4n) is 2.25. The first kappa shape index (κ1) is 13.6. The molecule has 102 valence electrons. The highest BCUT2D eigenvalue weighted by molar-refractivity contribution is 5.75. The van der Waals surface area contributed by atoms with Gasteiger partial charge >= 0.3 is 11.9 Å². The molecule has 0 bridgehead atoms. The lowest BCUT2D eigenvalue weighted by atomic mass is 9.94. The Kier molecular flexibility index (Phi) is 4.55. The normalized spacial score (nSPS) is 24.7. The Hall–Kier alpha value is -1.84. The first-order valence-electron chi connectivity index (χ1n) is 6.55. The number of carbonyl (C=O) groups excluding carboxylic acids is 2. The molecule has 1 aliphatic heterocycles. The summed E-state index contributed by atoms with van der Waals surface area (Å²) in [6.07, 6.45) is 0.988. The van der Waals surface area contributed by atoms with Crippen molar-refractivity contribution in [3.05, 3.63) is 35.9 Å². The fraction of sp³-hybridized carbons (Fsp3) is 0.467. The zero-order valence-electron chi connectivity index (χ0n) is 11.0. The lowest BCUT2D eigenvalue weighted by Gasteiger charge is -2.18. The Balaban J connectivity index is 2.07. The van der Waals surface area contributed by atoms with Crippen molar-refractivity contribution in [3.8, 4) is 0 Å². The van der Waals surface area contributed by atoms with Crippen LogP contribution in [0.1, 0.15) is 25.3 Å². The van der Waals surface area contributed by atoms with Gasteiger partial charge in [-0.1, -0.05) is 30.3 Å². The van der Waals surface area contributed by atoms with Gasteiger partial charge in [0.15, 0.2) is 0 Å². The van der Waals surface area contributed by atoms with Crippen molar-refractivity contribution in [2.45, 2.75) is 32.3 Å². The number of hydrogen-bond donors (Lipinski definition) is 0. The van der Waals surface area contributed by atoms with E-state index in [1.54, 1.807) is 0 Å².